The molecule has 1 N–H and O–H groups in total. The van der Waals surface area contributed by atoms with Crippen LogP contribution in [0.5, 0.6) is 0 Å². The van der Waals surface area contributed by atoms with E-state index >= 15 is 0 Å². The van der Waals surface area contributed by atoms with Crippen LogP contribution in [0.1, 0.15) is 13.3 Å². The molecule has 1 unspecified atom stereocenters. The van der Waals surface area contributed by atoms with E-state index in [4.69, 9.17) is 0 Å². The quantitative estimate of drug-likeness (QED) is 0.685. The molecule has 13 heavy (non-hydrogen) atoms. The molecule has 1 atom stereocenters. The number of thioether (sulfide) groups is 1. The van der Waals surface area contributed by atoms with Gasteiger partial charge in [-0.1, -0.05) is 6.58 Å². The number of hydrogen-bond donors (Lipinski definition) is 1. The molecule has 1 rings (SSSR count). The smallest absolute Gasteiger partial charge is 0.317 e. The molecule has 1 fully saturated rings. The summed E-state index contributed by atoms with van der Waals surface area (Å²) in [4.78, 5) is 13.1. The Labute approximate surface area is 83.6 Å². The Morgan fingerprint density at radius 2 is 2.62 bits per heavy atom. The van der Waals surface area contributed by atoms with Crippen LogP contribution in [0.25, 0.3) is 0 Å². The molecule has 0 aliphatic carbocycles. The predicted molar refractivity (Wildman–Crippen MR) is 56.8 cm³/mol. The van der Waals surface area contributed by atoms with Crippen molar-refractivity contribution in [2.45, 2.75) is 19.4 Å². The molecular weight excluding hydrogens is 184 g/mol. The van der Waals surface area contributed by atoms with Crippen LogP contribution in [-0.4, -0.2) is 35.8 Å². The zero-order valence-electron chi connectivity index (χ0n) is 7.95. The third-order valence-corrected chi connectivity index (χ3v) is 2.72. The summed E-state index contributed by atoms with van der Waals surface area (Å²) in [6, 6.07) is 0.385. The van der Waals surface area contributed by atoms with E-state index in [9.17, 15) is 4.79 Å². The second-order valence-electron chi connectivity index (χ2n) is 3.19. The van der Waals surface area contributed by atoms with Gasteiger partial charge in [0.05, 0.1) is 0 Å². The number of carbonyl (C=O) groups is 1. The molecule has 1 aliphatic rings. The lowest BCUT2D eigenvalue weighted by Gasteiger charge is -2.12. The average Bonchev–Trinajstić information content (AvgIpc) is 2.39. The van der Waals surface area contributed by atoms with Crippen LogP contribution < -0.4 is 5.32 Å². The Morgan fingerprint density at radius 3 is 3.15 bits per heavy atom. The van der Waals surface area contributed by atoms with E-state index in [-0.39, 0.29) is 6.03 Å². The highest BCUT2D eigenvalue weighted by molar-refractivity contribution is 8.02. The molecule has 0 saturated carbocycles. The predicted octanol–water partition coefficient (Wildman–Crippen LogP) is 1.67. The van der Waals surface area contributed by atoms with Crippen LogP contribution in [0.4, 0.5) is 4.79 Å². The highest BCUT2D eigenvalue weighted by Gasteiger charge is 2.24. The molecule has 0 spiro atoms. The van der Waals surface area contributed by atoms with Crippen LogP contribution in [0, 0.1) is 0 Å². The fourth-order valence-corrected chi connectivity index (χ4v) is 1.84. The monoisotopic (exact) mass is 200 g/mol. The lowest BCUT2D eigenvalue weighted by Crippen LogP contribution is -2.29. The van der Waals surface area contributed by atoms with Gasteiger partial charge in [0.2, 0.25) is 0 Å². The van der Waals surface area contributed by atoms with Gasteiger partial charge >= 0.3 is 6.03 Å². The van der Waals surface area contributed by atoms with Crippen molar-refractivity contribution in [3.63, 3.8) is 0 Å². The minimum Gasteiger partial charge on any atom is -0.334 e. The van der Waals surface area contributed by atoms with Gasteiger partial charge in [-0.05, 0) is 24.5 Å². The molecule has 74 valence electrons. The largest absolute Gasteiger partial charge is 0.334 e. The fraction of sp³-hybridized carbons (Fsp3) is 0.667. The normalized spacial score (nSPS) is 21.8. The number of nitrogens with zero attached hydrogens (tertiary/aromatic N) is 1. The summed E-state index contributed by atoms with van der Waals surface area (Å²) in [6.07, 6.45) is 1.04. The molecule has 3 nitrogen and oxygen atoms in total. The standard InChI is InChI=1S/C9H16N2OS/c1-3-13-6-4-5-11-7-8(2)10-9(11)12/h3,8H,1,4-7H2,2H3,(H,10,12). The first kappa shape index (κ1) is 10.4. The van der Waals surface area contributed by atoms with Gasteiger partial charge in [0.15, 0.2) is 0 Å². The maximum Gasteiger partial charge on any atom is 0.317 e. The summed E-state index contributed by atoms with van der Waals surface area (Å²) in [7, 11) is 0. The second kappa shape index (κ2) is 5.17. The van der Waals surface area contributed by atoms with Gasteiger partial charge in [0.1, 0.15) is 0 Å². The summed E-state index contributed by atoms with van der Waals surface area (Å²) in [5.74, 6) is 1.04. The summed E-state index contributed by atoms with van der Waals surface area (Å²) in [5.41, 5.74) is 0. The fourth-order valence-electron chi connectivity index (χ4n) is 1.38. The average molecular weight is 200 g/mol. The first-order chi connectivity index (χ1) is 6.24. The van der Waals surface area contributed by atoms with Crippen molar-refractivity contribution < 1.29 is 4.79 Å². The molecular formula is C9H16N2OS. The summed E-state index contributed by atoms with van der Waals surface area (Å²) >= 11 is 1.70. The number of amides is 2. The van der Waals surface area contributed by atoms with Crippen LogP contribution >= 0.6 is 11.8 Å². The molecule has 0 aromatic heterocycles. The maximum atomic E-state index is 11.2. The number of carbonyl (C=O) groups excluding carboxylic acids is 1. The Morgan fingerprint density at radius 1 is 1.85 bits per heavy atom. The third-order valence-electron chi connectivity index (χ3n) is 1.96. The Hall–Kier alpha value is -0.640. The van der Waals surface area contributed by atoms with Gasteiger partial charge in [-0.3, -0.25) is 0 Å². The minimum atomic E-state index is 0.0797. The molecule has 0 radical (unpaired) electrons. The first-order valence-corrected chi connectivity index (χ1v) is 5.57. The zero-order valence-corrected chi connectivity index (χ0v) is 8.77. The second-order valence-corrected chi connectivity index (χ2v) is 4.26. The topological polar surface area (TPSA) is 32.3 Å². The SMILES string of the molecule is C=CSCCCN1CC(C)NC1=O. The third kappa shape index (κ3) is 3.30. The molecule has 1 aliphatic heterocycles. The van der Waals surface area contributed by atoms with E-state index in [1.807, 2.05) is 17.2 Å². The number of urea groups is 1. The van der Waals surface area contributed by atoms with Crippen molar-refractivity contribution in [3.8, 4) is 0 Å². The lowest BCUT2D eigenvalue weighted by molar-refractivity contribution is 0.217. The van der Waals surface area contributed by atoms with Crippen molar-refractivity contribution in [2.24, 2.45) is 0 Å². The van der Waals surface area contributed by atoms with Crippen molar-refractivity contribution >= 4 is 17.8 Å². The molecule has 1 heterocycles. The van der Waals surface area contributed by atoms with E-state index < -0.39 is 0 Å². The molecule has 0 aromatic rings. The van der Waals surface area contributed by atoms with E-state index in [0.29, 0.717) is 6.04 Å². The van der Waals surface area contributed by atoms with Crippen molar-refractivity contribution in [3.05, 3.63) is 12.0 Å². The number of rotatable bonds is 5. The van der Waals surface area contributed by atoms with E-state index in [2.05, 4.69) is 11.9 Å². The van der Waals surface area contributed by atoms with Crippen molar-refractivity contribution in [2.75, 3.05) is 18.8 Å². The molecule has 4 heteroatoms. The van der Waals surface area contributed by atoms with Crippen LogP contribution in [-0.2, 0) is 0 Å². The lowest BCUT2D eigenvalue weighted by atomic mass is 10.3. The summed E-state index contributed by atoms with van der Waals surface area (Å²) in [5, 5.41) is 4.71. The highest BCUT2D eigenvalue weighted by Crippen LogP contribution is 2.07. The molecule has 2 amide bonds. The van der Waals surface area contributed by atoms with Gasteiger partial charge in [-0.15, -0.1) is 11.8 Å². The van der Waals surface area contributed by atoms with Crippen molar-refractivity contribution in [1.82, 2.24) is 10.2 Å². The van der Waals surface area contributed by atoms with Gasteiger partial charge in [0.25, 0.3) is 0 Å². The first-order valence-electron chi connectivity index (χ1n) is 4.52. The number of hydrogen-bond acceptors (Lipinski definition) is 2. The van der Waals surface area contributed by atoms with Gasteiger partial charge in [-0.2, -0.15) is 0 Å². The zero-order chi connectivity index (χ0) is 9.68. The van der Waals surface area contributed by atoms with Crippen molar-refractivity contribution in [1.29, 1.82) is 0 Å². The molecule has 0 bridgehead atoms. The summed E-state index contributed by atoms with van der Waals surface area (Å²) < 4.78 is 0. The summed E-state index contributed by atoms with van der Waals surface area (Å²) in [6.45, 7) is 7.35. The molecule has 0 aromatic carbocycles. The van der Waals surface area contributed by atoms with Gasteiger partial charge in [0, 0.05) is 19.1 Å². The number of nitrogens with one attached hydrogen (secondary N) is 1. The van der Waals surface area contributed by atoms with E-state index in [1.165, 1.54) is 0 Å². The van der Waals surface area contributed by atoms with Gasteiger partial charge < -0.3 is 10.2 Å². The Kier molecular flexibility index (Phi) is 4.15. The Bertz CT molecular complexity index is 196. The minimum absolute atomic E-state index is 0.0797. The Balaban J connectivity index is 2.14. The van der Waals surface area contributed by atoms with Crippen LogP contribution in [0.15, 0.2) is 12.0 Å². The van der Waals surface area contributed by atoms with E-state index in [1.54, 1.807) is 11.8 Å². The van der Waals surface area contributed by atoms with E-state index in [0.717, 1.165) is 25.3 Å². The van der Waals surface area contributed by atoms with Gasteiger partial charge in [-0.25, -0.2) is 4.79 Å². The maximum absolute atomic E-state index is 11.2. The van der Waals surface area contributed by atoms with Crippen LogP contribution in [0.3, 0.4) is 0 Å². The van der Waals surface area contributed by atoms with Crippen LogP contribution in [0.2, 0.25) is 0 Å². The highest BCUT2D eigenvalue weighted by atomic mass is 32.2. The molecule has 1 saturated heterocycles.